The van der Waals surface area contributed by atoms with Crippen LogP contribution in [0.25, 0.3) is 11.0 Å². The maximum atomic E-state index is 11.2. The van der Waals surface area contributed by atoms with Crippen molar-refractivity contribution in [3.05, 3.63) is 40.2 Å². The highest BCUT2D eigenvalue weighted by molar-refractivity contribution is 5.84. The van der Waals surface area contributed by atoms with Crippen LogP contribution in [0, 0.1) is 0 Å². The molecule has 0 spiro atoms. The summed E-state index contributed by atoms with van der Waals surface area (Å²) in [7, 11) is 0. The van der Waals surface area contributed by atoms with E-state index in [-0.39, 0.29) is 23.4 Å². The van der Waals surface area contributed by atoms with E-state index >= 15 is 0 Å². The van der Waals surface area contributed by atoms with Crippen molar-refractivity contribution >= 4 is 11.0 Å². The standard InChI is InChI=1S/C14H12O4/c1-14(2)13-12(17-13)11-7-3-6-10(15)16-8(7)4-5-9(11)18-14/h3-6,12-13H,1-2H3. The molecule has 2 unspecified atom stereocenters. The molecule has 0 N–H and O–H groups in total. The maximum absolute atomic E-state index is 11.2. The molecule has 0 aliphatic carbocycles. The lowest BCUT2D eigenvalue weighted by Crippen LogP contribution is -2.37. The third-order valence-electron chi connectivity index (χ3n) is 3.64. The zero-order valence-electron chi connectivity index (χ0n) is 10.1. The molecule has 1 aromatic heterocycles. The van der Waals surface area contributed by atoms with Crippen molar-refractivity contribution < 1.29 is 13.9 Å². The Morgan fingerprint density at radius 3 is 2.83 bits per heavy atom. The van der Waals surface area contributed by atoms with Gasteiger partial charge in [-0.1, -0.05) is 0 Å². The highest BCUT2D eigenvalue weighted by atomic mass is 16.6. The van der Waals surface area contributed by atoms with Crippen LogP contribution in [0.5, 0.6) is 5.75 Å². The zero-order valence-corrected chi connectivity index (χ0v) is 10.1. The topological polar surface area (TPSA) is 52.0 Å². The lowest BCUT2D eigenvalue weighted by atomic mass is 9.92. The van der Waals surface area contributed by atoms with Gasteiger partial charge in [0.15, 0.2) is 0 Å². The van der Waals surface area contributed by atoms with E-state index in [0.29, 0.717) is 5.58 Å². The van der Waals surface area contributed by atoms with Gasteiger partial charge in [0, 0.05) is 17.0 Å². The monoisotopic (exact) mass is 244 g/mol. The fraction of sp³-hybridized carbons (Fsp3) is 0.357. The molecule has 2 aromatic rings. The van der Waals surface area contributed by atoms with Crippen molar-refractivity contribution in [2.24, 2.45) is 0 Å². The number of ether oxygens (including phenoxy) is 2. The Morgan fingerprint density at radius 1 is 1.17 bits per heavy atom. The third kappa shape index (κ3) is 1.21. The van der Waals surface area contributed by atoms with Gasteiger partial charge in [-0.25, -0.2) is 4.79 Å². The second-order valence-corrected chi connectivity index (χ2v) is 5.33. The second-order valence-electron chi connectivity index (χ2n) is 5.33. The summed E-state index contributed by atoms with van der Waals surface area (Å²) in [5.41, 5.74) is 0.938. The molecule has 2 aliphatic rings. The molecule has 1 fully saturated rings. The van der Waals surface area contributed by atoms with Crippen LogP contribution in [0.4, 0.5) is 0 Å². The Morgan fingerprint density at radius 2 is 2.00 bits per heavy atom. The van der Waals surface area contributed by atoms with Gasteiger partial charge in [0.1, 0.15) is 29.1 Å². The number of epoxide rings is 1. The van der Waals surface area contributed by atoms with E-state index in [1.165, 1.54) is 6.07 Å². The summed E-state index contributed by atoms with van der Waals surface area (Å²) in [6.07, 6.45) is 0.141. The molecule has 4 heteroatoms. The van der Waals surface area contributed by atoms with Gasteiger partial charge in [0.05, 0.1) is 0 Å². The highest BCUT2D eigenvalue weighted by Gasteiger charge is 2.57. The Balaban J connectivity index is 2.02. The molecule has 1 saturated heterocycles. The lowest BCUT2D eigenvalue weighted by molar-refractivity contribution is 0.0727. The Labute approximate surface area is 103 Å². The first-order chi connectivity index (χ1) is 8.56. The molecule has 18 heavy (non-hydrogen) atoms. The quantitative estimate of drug-likeness (QED) is 0.527. The van der Waals surface area contributed by atoms with Gasteiger partial charge in [-0.05, 0) is 32.0 Å². The van der Waals surface area contributed by atoms with Crippen LogP contribution < -0.4 is 10.4 Å². The highest BCUT2D eigenvalue weighted by Crippen LogP contribution is 2.55. The van der Waals surface area contributed by atoms with E-state index in [9.17, 15) is 4.79 Å². The number of hydrogen-bond donors (Lipinski definition) is 0. The van der Waals surface area contributed by atoms with Gasteiger partial charge in [0.25, 0.3) is 0 Å². The molecule has 1 aromatic carbocycles. The summed E-state index contributed by atoms with van der Waals surface area (Å²) in [5.74, 6) is 0.820. The lowest BCUT2D eigenvalue weighted by Gasteiger charge is -2.29. The molecule has 4 nitrogen and oxygen atoms in total. The molecule has 2 aliphatic heterocycles. The molecule has 2 atom stereocenters. The average Bonchev–Trinajstić information content (AvgIpc) is 3.09. The summed E-state index contributed by atoms with van der Waals surface area (Å²) in [4.78, 5) is 11.2. The Bertz CT molecular complexity index is 713. The van der Waals surface area contributed by atoms with Crippen LogP contribution in [0.2, 0.25) is 0 Å². The van der Waals surface area contributed by atoms with Gasteiger partial charge in [0.2, 0.25) is 0 Å². The van der Waals surface area contributed by atoms with Gasteiger partial charge >= 0.3 is 5.63 Å². The van der Waals surface area contributed by atoms with E-state index in [4.69, 9.17) is 13.9 Å². The molecule has 0 saturated carbocycles. The SMILES string of the molecule is CC1(C)Oc2ccc3oc(=O)ccc3c2C2OC21. The smallest absolute Gasteiger partial charge is 0.336 e. The number of fused-ring (bicyclic) bond motifs is 5. The second kappa shape index (κ2) is 2.95. The first-order valence-electron chi connectivity index (χ1n) is 5.97. The molecule has 0 amide bonds. The molecule has 0 bridgehead atoms. The number of hydrogen-bond acceptors (Lipinski definition) is 4. The number of rotatable bonds is 0. The molecule has 3 heterocycles. The van der Waals surface area contributed by atoms with Gasteiger partial charge < -0.3 is 13.9 Å². The summed E-state index contributed by atoms with van der Waals surface area (Å²) in [6, 6.07) is 6.83. The van der Waals surface area contributed by atoms with E-state index in [0.717, 1.165) is 16.7 Å². The van der Waals surface area contributed by atoms with Crippen molar-refractivity contribution in [1.82, 2.24) is 0 Å². The largest absolute Gasteiger partial charge is 0.485 e. The fourth-order valence-corrected chi connectivity index (χ4v) is 2.74. The summed E-state index contributed by atoms with van der Waals surface area (Å²) in [6.45, 7) is 4.05. The van der Waals surface area contributed by atoms with Crippen LogP contribution in [0.3, 0.4) is 0 Å². The maximum Gasteiger partial charge on any atom is 0.336 e. The van der Waals surface area contributed by atoms with Crippen LogP contribution in [0.15, 0.2) is 33.5 Å². The normalized spacial score (nSPS) is 27.2. The van der Waals surface area contributed by atoms with Crippen LogP contribution in [0.1, 0.15) is 25.5 Å². The van der Waals surface area contributed by atoms with Crippen LogP contribution >= 0.6 is 0 Å². The average molecular weight is 244 g/mol. The first-order valence-corrected chi connectivity index (χ1v) is 5.97. The van der Waals surface area contributed by atoms with Crippen molar-refractivity contribution in [3.63, 3.8) is 0 Å². The van der Waals surface area contributed by atoms with Gasteiger partial charge in [-0.2, -0.15) is 0 Å². The summed E-state index contributed by atoms with van der Waals surface area (Å²) >= 11 is 0. The molecule has 4 rings (SSSR count). The Kier molecular flexibility index (Phi) is 1.66. The third-order valence-corrected chi connectivity index (χ3v) is 3.64. The molecule has 92 valence electrons. The van der Waals surface area contributed by atoms with Crippen LogP contribution in [-0.4, -0.2) is 11.7 Å². The van der Waals surface area contributed by atoms with E-state index in [2.05, 4.69) is 0 Å². The molecular formula is C14H12O4. The zero-order chi connectivity index (χ0) is 12.5. The van der Waals surface area contributed by atoms with Crippen molar-refractivity contribution in [1.29, 1.82) is 0 Å². The minimum absolute atomic E-state index is 0.0557. The summed E-state index contributed by atoms with van der Waals surface area (Å²) in [5, 5.41) is 0.898. The minimum atomic E-state index is -0.340. The van der Waals surface area contributed by atoms with Crippen molar-refractivity contribution in [2.45, 2.75) is 31.7 Å². The predicted molar refractivity (Wildman–Crippen MR) is 64.8 cm³/mol. The predicted octanol–water partition coefficient (Wildman–Crippen LogP) is 2.40. The van der Waals surface area contributed by atoms with Crippen molar-refractivity contribution in [2.75, 3.05) is 0 Å². The molecule has 0 radical (unpaired) electrons. The Hall–Kier alpha value is -1.81. The first kappa shape index (κ1) is 10.1. The molecular weight excluding hydrogens is 232 g/mol. The van der Waals surface area contributed by atoms with E-state index in [1.54, 1.807) is 12.1 Å². The van der Waals surface area contributed by atoms with E-state index < -0.39 is 0 Å². The van der Waals surface area contributed by atoms with Gasteiger partial charge in [-0.15, -0.1) is 0 Å². The van der Waals surface area contributed by atoms with Crippen molar-refractivity contribution in [3.8, 4) is 5.75 Å². The van der Waals surface area contributed by atoms with E-state index in [1.807, 2.05) is 19.9 Å². The van der Waals surface area contributed by atoms with Gasteiger partial charge in [-0.3, -0.25) is 0 Å². The summed E-state index contributed by atoms with van der Waals surface area (Å²) < 4.78 is 16.9. The van der Waals surface area contributed by atoms with Crippen LogP contribution in [-0.2, 0) is 4.74 Å². The number of benzene rings is 1. The minimum Gasteiger partial charge on any atom is -0.485 e. The fourth-order valence-electron chi connectivity index (χ4n) is 2.74.